The minimum atomic E-state index is -0.00876. The van der Waals surface area contributed by atoms with Gasteiger partial charge >= 0.3 is 0 Å². The lowest BCUT2D eigenvalue weighted by atomic mass is 10.1. The van der Waals surface area contributed by atoms with Crippen LogP contribution >= 0.6 is 0 Å². The third kappa shape index (κ3) is 4.83. The van der Waals surface area contributed by atoms with Crippen LogP contribution in [0.1, 0.15) is 24.0 Å². The third-order valence-electron chi connectivity index (χ3n) is 4.24. The minimum Gasteiger partial charge on any atom is -0.489 e. The van der Waals surface area contributed by atoms with Crippen LogP contribution in [0.2, 0.25) is 0 Å². The molecule has 1 saturated heterocycles. The van der Waals surface area contributed by atoms with Crippen molar-refractivity contribution in [2.75, 3.05) is 13.1 Å². The predicted octanol–water partition coefficient (Wildman–Crippen LogP) is 2.68. The average Bonchev–Trinajstić information content (AvgIpc) is 3.16. The molecule has 1 aliphatic heterocycles. The van der Waals surface area contributed by atoms with Crippen molar-refractivity contribution in [3.05, 3.63) is 65.7 Å². The zero-order valence-electron chi connectivity index (χ0n) is 13.8. The summed E-state index contributed by atoms with van der Waals surface area (Å²) in [6.45, 7) is 2.16. The molecule has 2 aromatic carbocycles. The van der Waals surface area contributed by atoms with E-state index in [1.54, 1.807) is 0 Å². The lowest BCUT2D eigenvalue weighted by molar-refractivity contribution is -0.122. The molecule has 126 valence electrons. The van der Waals surface area contributed by atoms with E-state index in [9.17, 15) is 4.79 Å². The first kappa shape index (κ1) is 16.5. The molecule has 1 aliphatic rings. The van der Waals surface area contributed by atoms with Gasteiger partial charge in [0.25, 0.3) is 0 Å². The molecule has 3 rings (SSSR count). The minimum absolute atomic E-state index is 0.00876. The summed E-state index contributed by atoms with van der Waals surface area (Å²) in [4.78, 5) is 12.0. The number of nitrogens with one attached hydrogen (secondary N) is 2. The van der Waals surface area contributed by atoms with Crippen molar-refractivity contribution < 1.29 is 9.53 Å². The number of carbonyl (C=O) groups excluding carboxylic acids is 1. The van der Waals surface area contributed by atoms with E-state index in [4.69, 9.17) is 4.74 Å². The Bertz CT molecular complexity index is 652. The topological polar surface area (TPSA) is 50.4 Å². The normalized spacial score (nSPS) is 16.8. The van der Waals surface area contributed by atoms with Gasteiger partial charge < -0.3 is 15.4 Å². The molecule has 1 heterocycles. The number of hydrogen-bond donors (Lipinski definition) is 2. The van der Waals surface area contributed by atoms with E-state index >= 15 is 0 Å². The van der Waals surface area contributed by atoms with Crippen molar-refractivity contribution in [2.45, 2.75) is 31.9 Å². The van der Waals surface area contributed by atoms with Crippen molar-refractivity contribution in [2.24, 2.45) is 0 Å². The molecule has 1 fully saturated rings. The number of hydrogen-bond acceptors (Lipinski definition) is 3. The highest BCUT2D eigenvalue weighted by molar-refractivity contribution is 5.81. The van der Waals surface area contributed by atoms with Gasteiger partial charge in [0.15, 0.2) is 0 Å². The summed E-state index contributed by atoms with van der Waals surface area (Å²) >= 11 is 0. The van der Waals surface area contributed by atoms with Crippen LogP contribution < -0.4 is 15.4 Å². The molecule has 0 bridgehead atoms. The first-order valence-corrected chi connectivity index (χ1v) is 8.58. The molecule has 4 nitrogen and oxygen atoms in total. The second kappa shape index (κ2) is 8.50. The molecular formula is C20H24N2O2. The SMILES string of the molecule is O=C(NCCc1cccc(OCc2ccccc2)c1)C1CCCN1. The van der Waals surface area contributed by atoms with Crippen LogP contribution in [0, 0.1) is 0 Å². The summed E-state index contributed by atoms with van der Waals surface area (Å²) in [6, 6.07) is 18.2. The summed E-state index contributed by atoms with van der Waals surface area (Å²) in [6.07, 6.45) is 2.83. The Kier molecular flexibility index (Phi) is 5.85. The van der Waals surface area contributed by atoms with E-state index in [0.29, 0.717) is 13.2 Å². The summed E-state index contributed by atoms with van der Waals surface area (Å²) in [5, 5.41) is 6.22. The first-order valence-electron chi connectivity index (χ1n) is 8.58. The fourth-order valence-electron chi connectivity index (χ4n) is 2.89. The number of benzene rings is 2. The van der Waals surface area contributed by atoms with Crippen molar-refractivity contribution in [3.63, 3.8) is 0 Å². The van der Waals surface area contributed by atoms with Gasteiger partial charge in [0, 0.05) is 6.54 Å². The highest BCUT2D eigenvalue weighted by Crippen LogP contribution is 2.15. The van der Waals surface area contributed by atoms with Gasteiger partial charge in [-0.1, -0.05) is 42.5 Å². The summed E-state index contributed by atoms with van der Waals surface area (Å²) < 4.78 is 5.84. The van der Waals surface area contributed by atoms with Crippen molar-refractivity contribution >= 4 is 5.91 Å². The van der Waals surface area contributed by atoms with Crippen molar-refractivity contribution in [1.82, 2.24) is 10.6 Å². The fourth-order valence-corrected chi connectivity index (χ4v) is 2.89. The first-order chi connectivity index (χ1) is 11.8. The molecule has 4 heteroatoms. The summed E-state index contributed by atoms with van der Waals surface area (Å²) in [5.41, 5.74) is 2.32. The van der Waals surface area contributed by atoms with Gasteiger partial charge in [-0.15, -0.1) is 0 Å². The third-order valence-corrected chi connectivity index (χ3v) is 4.24. The van der Waals surface area contributed by atoms with E-state index in [1.165, 1.54) is 5.56 Å². The fraction of sp³-hybridized carbons (Fsp3) is 0.350. The Labute approximate surface area is 143 Å². The van der Waals surface area contributed by atoms with E-state index < -0.39 is 0 Å². The monoisotopic (exact) mass is 324 g/mol. The number of ether oxygens (including phenoxy) is 1. The van der Waals surface area contributed by atoms with Gasteiger partial charge in [0.2, 0.25) is 5.91 Å². The van der Waals surface area contributed by atoms with Crippen molar-refractivity contribution in [3.8, 4) is 5.75 Å². The number of carbonyl (C=O) groups is 1. The van der Waals surface area contributed by atoms with Crippen molar-refractivity contribution in [1.29, 1.82) is 0 Å². The number of amides is 1. The predicted molar refractivity (Wildman–Crippen MR) is 95.0 cm³/mol. The molecular weight excluding hydrogens is 300 g/mol. The molecule has 2 N–H and O–H groups in total. The van der Waals surface area contributed by atoms with E-state index in [2.05, 4.69) is 28.8 Å². The molecule has 0 spiro atoms. The highest BCUT2D eigenvalue weighted by atomic mass is 16.5. The quantitative estimate of drug-likeness (QED) is 0.823. The molecule has 1 atom stereocenters. The molecule has 0 saturated carbocycles. The second-order valence-electron chi connectivity index (χ2n) is 6.11. The number of rotatable bonds is 7. The van der Waals surface area contributed by atoms with Gasteiger partial charge in [-0.25, -0.2) is 0 Å². The van der Waals surface area contributed by atoms with Crippen LogP contribution in [0.15, 0.2) is 54.6 Å². The highest BCUT2D eigenvalue weighted by Gasteiger charge is 2.21. The van der Waals surface area contributed by atoms with Gasteiger partial charge in [-0.05, 0) is 49.1 Å². The second-order valence-corrected chi connectivity index (χ2v) is 6.11. The Morgan fingerprint density at radius 2 is 1.96 bits per heavy atom. The zero-order chi connectivity index (χ0) is 16.6. The largest absolute Gasteiger partial charge is 0.489 e. The smallest absolute Gasteiger partial charge is 0.237 e. The van der Waals surface area contributed by atoms with Gasteiger partial charge in [0.1, 0.15) is 12.4 Å². The van der Waals surface area contributed by atoms with Gasteiger partial charge in [-0.3, -0.25) is 4.79 Å². The zero-order valence-corrected chi connectivity index (χ0v) is 13.8. The summed E-state index contributed by atoms with van der Waals surface area (Å²) in [7, 11) is 0. The molecule has 0 radical (unpaired) electrons. The van der Waals surface area contributed by atoms with Crippen LogP contribution in [-0.4, -0.2) is 25.0 Å². The maximum absolute atomic E-state index is 12.0. The van der Waals surface area contributed by atoms with E-state index in [0.717, 1.165) is 37.1 Å². The maximum Gasteiger partial charge on any atom is 0.237 e. The lowest BCUT2D eigenvalue weighted by Gasteiger charge is -2.11. The molecule has 1 amide bonds. The van der Waals surface area contributed by atoms with E-state index in [1.807, 2.05) is 36.4 Å². The lowest BCUT2D eigenvalue weighted by Crippen LogP contribution is -2.41. The summed E-state index contributed by atoms with van der Waals surface area (Å²) in [5.74, 6) is 0.976. The molecule has 0 aliphatic carbocycles. The van der Waals surface area contributed by atoms with Crippen LogP contribution in [0.4, 0.5) is 0 Å². The van der Waals surface area contributed by atoms with Crippen LogP contribution in [0.25, 0.3) is 0 Å². The van der Waals surface area contributed by atoms with Crippen LogP contribution in [0.3, 0.4) is 0 Å². The Balaban J connectivity index is 1.45. The average molecular weight is 324 g/mol. The van der Waals surface area contributed by atoms with Crippen LogP contribution in [0.5, 0.6) is 5.75 Å². The Hall–Kier alpha value is -2.33. The molecule has 24 heavy (non-hydrogen) atoms. The Morgan fingerprint density at radius 1 is 1.12 bits per heavy atom. The maximum atomic E-state index is 12.0. The van der Waals surface area contributed by atoms with E-state index in [-0.39, 0.29) is 11.9 Å². The molecule has 2 aromatic rings. The molecule has 1 unspecified atom stereocenters. The Morgan fingerprint density at radius 3 is 2.75 bits per heavy atom. The van der Waals surface area contributed by atoms with Gasteiger partial charge in [-0.2, -0.15) is 0 Å². The standard InChI is InChI=1S/C20H24N2O2/c23-20(19-10-5-12-21-19)22-13-11-16-8-4-9-18(14-16)24-15-17-6-2-1-3-7-17/h1-4,6-9,14,19,21H,5,10-13,15H2,(H,22,23). The van der Waals surface area contributed by atoms with Gasteiger partial charge in [0.05, 0.1) is 6.04 Å². The van der Waals surface area contributed by atoms with Crippen LogP contribution in [-0.2, 0) is 17.8 Å². The molecule has 0 aromatic heterocycles.